The number of anilines is 3. The number of benzene rings is 3. The van der Waals surface area contributed by atoms with Gasteiger partial charge in [-0.25, -0.2) is 81.2 Å². The van der Waals surface area contributed by atoms with E-state index in [2.05, 4.69) is 36.8 Å². The Kier molecular flexibility index (Phi) is 49.0. The van der Waals surface area contributed by atoms with Gasteiger partial charge in [0.25, 0.3) is 0 Å². The number of aromatic nitrogens is 6. The summed E-state index contributed by atoms with van der Waals surface area (Å²) in [5, 5.41) is 87.0. The van der Waals surface area contributed by atoms with Gasteiger partial charge in [0.05, 0.1) is 109 Å². The fraction of sp³-hybridized carbons (Fsp3) is 0.466. The maximum Gasteiger partial charge on any atom is 1.00 e. The monoisotopic (exact) mass is 1640 g/mol. The van der Waals surface area contributed by atoms with Gasteiger partial charge in [-0.05, 0) is 110 Å². The summed E-state index contributed by atoms with van der Waals surface area (Å²) in [6.07, 6.45) is 4.74. The largest absolute Gasteiger partial charge is 1.00 e. The van der Waals surface area contributed by atoms with Crippen molar-refractivity contribution < 1.29 is 168 Å². The zero-order valence-electron chi connectivity index (χ0n) is 65.6. The molecule has 30 nitrogen and oxygen atoms in total. The van der Waals surface area contributed by atoms with Crippen molar-refractivity contribution >= 4 is 84.1 Å². The van der Waals surface area contributed by atoms with Gasteiger partial charge in [-0.15, -0.1) is 0 Å². The van der Waals surface area contributed by atoms with Gasteiger partial charge in [0.2, 0.25) is 47.9 Å². The summed E-state index contributed by atoms with van der Waals surface area (Å²) in [6, 6.07) is 16.5. The minimum absolute atomic E-state index is 0. The zero-order chi connectivity index (χ0) is 82.3. The van der Waals surface area contributed by atoms with Crippen LogP contribution in [0.25, 0.3) is 52.0 Å². The fourth-order valence-electron chi connectivity index (χ4n) is 9.39. The van der Waals surface area contributed by atoms with E-state index in [1.54, 1.807) is 6.08 Å². The molecular formula is C73H103F3N10Na2O20S3. The number of nitrogens with two attached hydrogens (primary N) is 1. The second-order valence-electron chi connectivity index (χ2n) is 25.5. The van der Waals surface area contributed by atoms with E-state index >= 15 is 0 Å². The number of hydrogen-bond acceptors (Lipinski definition) is 26. The van der Waals surface area contributed by atoms with E-state index in [1.165, 1.54) is 124 Å². The molecule has 0 saturated carbocycles. The molecule has 606 valence electrons. The Morgan fingerprint density at radius 3 is 0.955 bits per heavy atom. The molecule has 0 aliphatic heterocycles. The maximum atomic E-state index is 13.6. The molecule has 0 aliphatic rings. The molecule has 6 atom stereocenters. The van der Waals surface area contributed by atoms with E-state index < -0.39 is 115 Å². The zero-order valence-corrected chi connectivity index (χ0v) is 72.1. The quantitative estimate of drug-likeness (QED) is 0.0200. The van der Waals surface area contributed by atoms with Crippen LogP contribution < -0.4 is 82.9 Å². The van der Waals surface area contributed by atoms with E-state index in [9.17, 15) is 88.6 Å². The first-order valence-corrected chi connectivity index (χ1v) is 39.6. The molecule has 0 unspecified atom stereocenters. The number of carboxylic acid groups (broad SMARTS) is 2. The fourth-order valence-corrected chi connectivity index (χ4v) is 10.5. The predicted octanol–water partition coefficient (Wildman–Crippen LogP) is 0.534. The van der Waals surface area contributed by atoms with E-state index in [-0.39, 0.29) is 132 Å². The summed E-state index contributed by atoms with van der Waals surface area (Å²) in [5.74, 6) is -5.19. The van der Waals surface area contributed by atoms with Gasteiger partial charge in [0.1, 0.15) is 17.5 Å². The number of carbonyl (C=O) groups is 3. The van der Waals surface area contributed by atoms with Gasteiger partial charge in [0, 0.05) is 93.3 Å². The van der Waals surface area contributed by atoms with Crippen molar-refractivity contribution in [3.8, 4) is 33.8 Å². The molecule has 3 aromatic heterocycles. The SMILES string of the molecule is CC(C)c1nc(N(C)S(C)(=O)=O)nc(-c2ccc(F)cc2)c1/C=C/[C@@H](O)C[C@@H](O)CC(=O)O.CC(C)c1nc(N(C)S(C)(=O)=O)nc(-c2ccc(F)cc2)c1/C=C/[C@@H](O)C[C@@H](O)CC(=O)[O-].CCCN.CCCOC(=O)C[C@H](O)C[C@H](O)/C=C/c1c(-c2ccc(F)cc2)nc(N(C)S(C)(=O)=O)nc1C(C)C.CO.[Na+].[Na+].[OH-]. The van der Waals surface area contributed by atoms with E-state index in [0.29, 0.717) is 74.0 Å². The molecule has 3 heterocycles. The number of carboxylic acids is 2. The van der Waals surface area contributed by atoms with Gasteiger partial charge >= 0.3 is 71.1 Å². The van der Waals surface area contributed by atoms with Crippen LogP contribution in [0.3, 0.4) is 0 Å². The van der Waals surface area contributed by atoms with Crippen molar-refractivity contribution in [2.45, 2.75) is 161 Å². The van der Waals surface area contributed by atoms with Crippen LogP contribution in [-0.2, 0) is 49.2 Å². The summed E-state index contributed by atoms with van der Waals surface area (Å²) < 4.78 is 121. The summed E-state index contributed by atoms with van der Waals surface area (Å²) >= 11 is 0. The predicted molar refractivity (Wildman–Crippen MR) is 408 cm³/mol. The number of ether oxygens (including phenoxy) is 1. The summed E-state index contributed by atoms with van der Waals surface area (Å²) in [5.41, 5.74) is 10.5. The van der Waals surface area contributed by atoms with Crippen molar-refractivity contribution in [3.63, 3.8) is 0 Å². The Bertz CT molecular complexity index is 4150. The molecule has 0 amide bonds. The maximum absolute atomic E-state index is 13.6. The Balaban J connectivity index is 0. The van der Waals surface area contributed by atoms with Gasteiger partial charge in [-0.3, -0.25) is 9.59 Å². The second kappa shape index (κ2) is 51.1. The average Bonchev–Trinajstić information content (AvgIpc) is 0.793. The van der Waals surface area contributed by atoms with Crippen LogP contribution in [0.5, 0.6) is 0 Å². The number of hydrogen-bond donors (Lipinski definition) is 9. The molecule has 11 N–H and O–H groups in total. The molecule has 0 aliphatic carbocycles. The molecule has 0 bridgehead atoms. The third-order valence-electron chi connectivity index (χ3n) is 15.2. The number of sulfonamides is 3. The van der Waals surface area contributed by atoms with Gasteiger partial charge < -0.3 is 66.7 Å². The van der Waals surface area contributed by atoms with Crippen molar-refractivity contribution in [1.29, 1.82) is 0 Å². The number of aliphatic carboxylic acids is 2. The number of aliphatic hydroxyl groups excluding tert-OH is 7. The number of esters is 1. The average molecular weight is 1640 g/mol. The Morgan fingerprint density at radius 2 is 0.739 bits per heavy atom. The third kappa shape index (κ3) is 36.9. The molecular weight excluding hydrogens is 1540 g/mol. The normalized spacial score (nSPS) is 13.1. The van der Waals surface area contributed by atoms with Crippen LogP contribution in [0.1, 0.15) is 158 Å². The number of aliphatic hydroxyl groups is 7. The summed E-state index contributed by atoms with van der Waals surface area (Å²) in [6.45, 7) is 16.1. The molecule has 3 aromatic carbocycles. The molecule has 38 heteroatoms. The molecule has 0 fully saturated rings. The first-order valence-electron chi connectivity index (χ1n) is 34.0. The molecule has 0 spiro atoms. The molecule has 6 rings (SSSR count). The Morgan fingerprint density at radius 1 is 0.486 bits per heavy atom. The smallest absolute Gasteiger partial charge is 0.870 e. The van der Waals surface area contributed by atoms with Gasteiger partial charge in [-0.2, -0.15) is 0 Å². The summed E-state index contributed by atoms with van der Waals surface area (Å²) in [7, 11) is -5.97. The second-order valence-corrected chi connectivity index (χ2v) is 31.6. The standard InChI is InChI=1S/C25H34FN3O6S.2C22H28FN3O6S.C3H9N.CH4O.2Na.H2O/c1-6-13-35-22(32)15-20(31)14-19(30)11-12-21-23(16(2)3)27-25(29(4)36(5,33)34)28-24(21)17-7-9-18(26)10-8-17;2*1-13(2)20-18(10-9-16(27)11-17(28)12-19(29)30)21(14-5-7-15(23)8-6-14)25-22(24-20)26(3)33(4,31)32;1-2-3-4;1-2;;;/h7-12,16,19-20,30-31H,6,13-15H2,1-5H3;2*5-10,13,16-17,27-28H,11-12H2,1-4H3,(H,29,30);2-4H2,1H3;2H,1H3;;;1H2/q;;;;;2*+1;/p-2/b12-11+;2*10-9+;;;;;/t19-,20-;2*16-,17-;;;;;/m111...../s1. The van der Waals surface area contributed by atoms with Gasteiger partial charge in [0.15, 0.2) is 0 Å². The van der Waals surface area contributed by atoms with Crippen molar-refractivity contribution in [2.24, 2.45) is 5.73 Å². The van der Waals surface area contributed by atoms with Crippen molar-refractivity contribution in [2.75, 3.05) is 73.1 Å². The van der Waals surface area contributed by atoms with E-state index in [1.807, 2.05) is 48.5 Å². The van der Waals surface area contributed by atoms with Crippen molar-refractivity contribution in [1.82, 2.24) is 29.9 Å². The first kappa shape index (κ1) is 106. The van der Waals surface area contributed by atoms with Crippen LogP contribution >= 0.6 is 0 Å². The third-order valence-corrected chi connectivity index (χ3v) is 18.7. The van der Waals surface area contributed by atoms with Crippen LogP contribution in [0.2, 0.25) is 0 Å². The van der Waals surface area contributed by atoms with Crippen LogP contribution in [0, 0.1) is 17.5 Å². The van der Waals surface area contributed by atoms with E-state index in [4.69, 9.17) is 20.7 Å². The molecule has 0 radical (unpaired) electrons. The van der Waals surface area contributed by atoms with Gasteiger partial charge in [-0.1, -0.05) is 91.8 Å². The minimum Gasteiger partial charge on any atom is -0.870 e. The number of carbonyl (C=O) groups excluding carboxylic acids is 2. The number of halogens is 3. The molecule has 6 aromatic rings. The van der Waals surface area contributed by atoms with Crippen LogP contribution in [0.4, 0.5) is 31.0 Å². The van der Waals surface area contributed by atoms with E-state index in [0.717, 1.165) is 51.8 Å². The minimum atomic E-state index is -3.66. The van der Waals surface area contributed by atoms with Crippen LogP contribution in [0.15, 0.2) is 91.0 Å². The van der Waals surface area contributed by atoms with Crippen molar-refractivity contribution in [3.05, 3.63) is 142 Å². The first-order chi connectivity index (χ1) is 50.3. The topological polar surface area (TPSA) is 491 Å². The Labute approximate surface area is 692 Å². The summed E-state index contributed by atoms with van der Waals surface area (Å²) in [4.78, 5) is 59.6. The number of nitrogens with zero attached hydrogens (tertiary/aromatic N) is 9. The molecule has 0 saturated heterocycles. The van der Waals surface area contributed by atoms with Crippen LogP contribution in [-0.4, -0.2) is 216 Å². The number of rotatable bonds is 33. The Hall–Kier alpha value is -6.79. The molecule has 111 heavy (non-hydrogen) atoms.